The maximum Gasteiger partial charge on any atom is 0.161 e. The lowest BCUT2D eigenvalue weighted by molar-refractivity contribution is 0.399. The normalized spacial score (nSPS) is 14.8. The van der Waals surface area contributed by atoms with Gasteiger partial charge in [0, 0.05) is 12.1 Å². The zero-order chi connectivity index (χ0) is 10.1. The third-order valence-corrected chi connectivity index (χ3v) is 2.61. The zero-order valence-corrected chi connectivity index (χ0v) is 7.83. The first-order chi connectivity index (χ1) is 6.74. The Morgan fingerprint density at radius 3 is 2.79 bits per heavy atom. The van der Waals surface area contributed by atoms with Gasteiger partial charge >= 0.3 is 0 Å². The van der Waals surface area contributed by atoms with Crippen molar-refractivity contribution in [1.82, 2.24) is 0 Å². The highest BCUT2D eigenvalue weighted by Gasteiger charge is 2.16. The molecule has 0 aromatic heterocycles. The van der Waals surface area contributed by atoms with Crippen molar-refractivity contribution in [3.8, 4) is 11.5 Å². The van der Waals surface area contributed by atoms with E-state index < -0.39 is 0 Å². The van der Waals surface area contributed by atoms with Gasteiger partial charge in [0.25, 0.3) is 0 Å². The van der Waals surface area contributed by atoms with Crippen LogP contribution in [0, 0.1) is 0 Å². The van der Waals surface area contributed by atoms with Gasteiger partial charge in [-0.15, -0.1) is 0 Å². The number of hydrogen-bond acceptors (Lipinski definition) is 3. The van der Waals surface area contributed by atoms with E-state index in [9.17, 15) is 10.2 Å². The lowest BCUT2D eigenvalue weighted by Crippen LogP contribution is -2.08. The predicted octanol–water partition coefficient (Wildman–Crippen LogP) is 1.39. The summed E-state index contributed by atoms with van der Waals surface area (Å²) in [4.78, 5) is 0. The van der Waals surface area contributed by atoms with Gasteiger partial charge in [-0.1, -0.05) is 12.1 Å². The summed E-state index contributed by atoms with van der Waals surface area (Å²) < 4.78 is 0. The van der Waals surface area contributed by atoms with Crippen LogP contribution in [0.3, 0.4) is 0 Å². The van der Waals surface area contributed by atoms with E-state index in [1.54, 1.807) is 0 Å². The number of hydrogen-bond donors (Lipinski definition) is 3. The fourth-order valence-corrected chi connectivity index (χ4v) is 1.87. The topological polar surface area (TPSA) is 66.5 Å². The maximum atomic E-state index is 9.64. The number of fused-ring (bicyclic) bond motifs is 1. The summed E-state index contributed by atoms with van der Waals surface area (Å²) in [6.45, 7) is 0.469. The first-order valence-electron chi connectivity index (χ1n) is 4.67. The lowest BCUT2D eigenvalue weighted by Gasteiger charge is -2.18. The summed E-state index contributed by atoms with van der Waals surface area (Å²) in [5.74, 6) is -0.0522. The number of benzene rings is 1. The van der Waals surface area contributed by atoms with Gasteiger partial charge in [-0.05, 0) is 30.0 Å². The summed E-state index contributed by atoms with van der Waals surface area (Å²) in [6, 6.07) is 3.31. The van der Waals surface area contributed by atoms with Crippen LogP contribution in [0.15, 0.2) is 18.2 Å². The van der Waals surface area contributed by atoms with E-state index >= 15 is 0 Å². The van der Waals surface area contributed by atoms with Gasteiger partial charge < -0.3 is 15.9 Å². The molecule has 0 aliphatic heterocycles. The second-order valence-corrected chi connectivity index (χ2v) is 3.43. The van der Waals surface area contributed by atoms with Crippen LogP contribution in [0.5, 0.6) is 11.5 Å². The number of allylic oxidation sites excluding steroid dienone is 1. The molecule has 0 saturated heterocycles. The molecular formula is C11H13NO2. The fourth-order valence-electron chi connectivity index (χ4n) is 1.87. The van der Waals surface area contributed by atoms with Crippen LogP contribution in [0.2, 0.25) is 0 Å². The van der Waals surface area contributed by atoms with Crippen molar-refractivity contribution < 1.29 is 10.2 Å². The largest absolute Gasteiger partial charge is 0.504 e. The van der Waals surface area contributed by atoms with Crippen LogP contribution in [0.4, 0.5) is 0 Å². The Balaban J connectivity index is 2.59. The highest BCUT2D eigenvalue weighted by Crippen LogP contribution is 2.37. The van der Waals surface area contributed by atoms with Gasteiger partial charge in [0.2, 0.25) is 0 Å². The zero-order valence-electron chi connectivity index (χ0n) is 7.83. The summed E-state index contributed by atoms with van der Waals surface area (Å²) in [6.07, 6.45) is 3.72. The molecule has 0 unspecified atom stereocenters. The number of aromatic hydroxyl groups is 2. The van der Waals surface area contributed by atoms with Crippen molar-refractivity contribution in [1.29, 1.82) is 0 Å². The van der Waals surface area contributed by atoms with E-state index in [0.717, 1.165) is 29.5 Å². The highest BCUT2D eigenvalue weighted by molar-refractivity contribution is 5.74. The SMILES string of the molecule is NCC1=CCCc2c1ccc(O)c2O. The van der Waals surface area contributed by atoms with Gasteiger partial charge in [-0.3, -0.25) is 0 Å². The third-order valence-electron chi connectivity index (χ3n) is 2.61. The molecule has 0 bridgehead atoms. The first kappa shape index (κ1) is 9.09. The van der Waals surface area contributed by atoms with Crippen molar-refractivity contribution in [3.05, 3.63) is 29.3 Å². The molecule has 74 valence electrons. The molecule has 1 aromatic rings. The van der Waals surface area contributed by atoms with Crippen LogP contribution in [0.1, 0.15) is 17.5 Å². The Morgan fingerprint density at radius 2 is 2.07 bits per heavy atom. The lowest BCUT2D eigenvalue weighted by atomic mass is 9.90. The molecule has 0 radical (unpaired) electrons. The van der Waals surface area contributed by atoms with Crippen LogP contribution in [-0.2, 0) is 6.42 Å². The standard InChI is InChI=1S/C11H13NO2/c12-6-7-2-1-3-9-8(7)4-5-10(13)11(9)14/h2,4-5,13-14H,1,3,6,12H2. The smallest absolute Gasteiger partial charge is 0.161 e. The van der Waals surface area contributed by atoms with Crippen molar-refractivity contribution in [2.75, 3.05) is 6.54 Å². The molecule has 0 spiro atoms. The number of rotatable bonds is 1. The molecule has 0 saturated carbocycles. The molecule has 2 rings (SSSR count). The van der Waals surface area contributed by atoms with E-state index in [2.05, 4.69) is 6.08 Å². The average molecular weight is 191 g/mol. The molecule has 1 aliphatic carbocycles. The van der Waals surface area contributed by atoms with Crippen molar-refractivity contribution in [3.63, 3.8) is 0 Å². The predicted molar refractivity (Wildman–Crippen MR) is 55.1 cm³/mol. The van der Waals surface area contributed by atoms with Gasteiger partial charge in [0.1, 0.15) is 0 Å². The molecule has 0 heterocycles. The molecule has 4 N–H and O–H groups in total. The summed E-state index contributed by atoms with van der Waals surface area (Å²) in [5.41, 5.74) is 8.42. The number of nitrogens with two attached hydrogens (primary N) is 1. The van der Waals surface area contributed by atoms with Crippen molar-refractivity contribution in [2.24, 2.45) is 5.73 Å². The van der Waals surface area contributed by atoms with E-state index in [-0.39, 0.29) is 11.5 Å². The van der Waals surface area contributed by atoms with Crippen LogP contribution in [0.25, 0.3) is 5.57 Å². The quantitative estimate of drug-likeness (QED) is 0.587. The first-order valence-corrected chi connectivity index (χ1v) is 4.67. The monoisotopic (exact) mass is 191 g/mol. The molecule has 3 heteroatoms. The minimum Gasteiger partial charge on any atom is -0.504 e. The Hall–Kier alpha value is -1.48. The van der Waals surface area contributed by atoms with Gasteiger partial charge in [-0.25, -0.2) is 0 Å². The second-order valence-electron chi connectivity index (χ2n) is 3.43. The van der Waals surface area contributed by atoms with E-state index in [1.165, 1.54) is 6.07 Å². The second kappa shape index (κ2) is 3.35. The van der Waals surface area contributed by atoms with Gasteiger partial charge in [-0.2, -0.15) is 0 Å². The van der Waals surface area contributed by atoms with Gasteiger partial charge in [0.05, 0.1) is 0 Å². The third kappa shape index (κ3) is 1.26. The maximum absolute atomic E-state index is 9.64. The summed E-state index contributed by atoms with van der Waals surface area (Å²) >= 11 is 0. The molecule has 0 fully saturated rings. The van der Waals surface area contributed by atoms with E-state index in [4.69, 9.17) is 5.73 Å². The molecule has 14 heavy (non-hydrogen) atoms. The Labute approximate surface area is 82.5 Å². The fraction of sp³-hybridized carbons (Fsp3) is 0.273. The van der Waals surface area contributed by atoms with Crippen molar-refractivity contribution in [2.45, 2.75) is 12.8 Å². The minimum atomic E-state index is -0.0537. The Bertz CT molecular complexity index is 397. The highest BCUT2D eigenvalue weighted by atomic mass is 16.3. The van der Waals surface area contributed by atoms with Crippen LogP contribution in [-0.4, -0.2) is 16.8 Å². The molecule has 0 atom stereocenters. The van der Waals surface area contributed by atoms with E-state index in [0.29, 0.717) is 6.54 Å². The van der Waals surface area contributed by atoms with Crippen molar-refractivity contribution >= 4 is 5.57 Å². The summed E-state index contributed by atoms with van der Waals surface area (Å²) in [5, 5.41) is 19.0. The molecular weight excluding hydrogens is 178 g/mol. The molecule has 3 nitrogen and oxygen atoms in total. The van der Waals surface area contributed by atoms with E-state index in [1.807, 2.05) is 6.07 Å². The molecule has 1 aromatic carbocycles. The molecule has 1 aliphatic rings. The molecule has 0 amide bonds. The number of phenolic OH excluding ortho intramolecular Hbond substituents is 2. The van der Waals surface area contributed by atoms with Crippen LogP contribution >= 0.6 is 0 Å². The van der Waals surface area contributed by atoms with Crippen LogP contribution < -0.4 is 5.73 Å². The Kier molecular flexibility index (Phi) is 2.17. The average Bonchev–Trinajstić information content (AvgIpc) is 2.23. The summed E-state index contributed by atoms with van der Waals surface area (Å²) in [7, 11) is 0. The number of phenols is 2. The minimum absolute atomic E-state index is 0.00144. The Morgan fingerprint density at radius 1 is 1.29 bits per heavy atom. The van der Waals surface area contributed by atoms with Gasteiger partial charge in [0.15, 0.2) is 11.5 Å².